The van der Waals surface area contributed by atoms with Crippen molar-refractivity contribution in [3.63, 3.8) is 0 Å². The number of nitrogens with zero attached hydrogens (tertiary/aromatic N) is 3. The van der Waals surface area contributed by atoms with Crippen LogP contribution >= 0.6 is 0 Å². The molecule has 0 saturated carbocycles. The fourth-order valence-electron chi connectivity index (χ4n) is 3.24. The molecule has 1 amide bonds. The van der Waals surface area contributed by atoms with Gasteiger partial charge in [0, 0.05) is 12.8 Å². The zero-order chi connectivity index (χ0) is 21.5. The first-order chi connectivity index (χ1) is 14.5. The number of benzene rings is 2. The van der Waals surface area contributed by atoms with Crippen molar-refractivity contribution in [2.75, 3.05) is 7.11 Å². The number of hydrogen-bond donors (Lipinski definition) is 0. The molecule has 0 saturated heterocycles. The van der Waals surface area contributed by atoms with Crippen LogP contribution < -0.4 is 4.74 Å². The average Bonchev–Trinajstić information content (AvgIpc) is 3.23. The van der Waals surface area contributed by atoms with E-state index in [2.05, 4.69) is 5.10 Å². The summed E-state index contributed by atoms with van der Waals surface area (Å²) >= 11 is 0. The van der Waals surface area contributed by atoms with Crippen LogP contribution in [0.4, 0.5) is 0 Å². The van der Waals surface area contributed by atoms with Gasteiger partial charge in [0.15, 0.2) is 6.10 Å². The number of carbonyl (C=O) groups is 2. The van der Waals surface area contributed by atoms with Crippen LogP contribution in [0.1, 0.15) is 43.4 Å². The Morgan fingerprint density at radius 1 is 1.17 bits per heavy atom. The van der Waals surface area contributed by atoms with Crippen LogP contribution in [0.3, 0.4) is 0 Å². The maximum absolute atomic E-state index is 12.9. The highest BCUT2D eigenvalue weighted by atomic mass is 16.5. The first-order valence-corrected chi connectivity index (χ1v) is 9.70. The molecule has 7 nitrogen and oxygen atoms in total. The first kappa shape index (κ1) is 21.1. The van der Waals surface area contributed by atoms with E-state index in [1.165, 1.54) is 11.9 Å². The van der Waals surface area contributed by atoms with Crippen LogP contribution in [-0.4, -0.2) is 35.8 Å². The van der Waals surface area contributed by atoms with E-state index < -0.39 is 12.1 Å². The average molecular weight is 405 g/mol. The van der Waals surface area contributed by atoms with E-state index in [4.69, 9.17) is 14.7 Å². The monoisotopic (exact) mass is 405 g/mol. The fraction of sp³-hybridized carbons (Fsp3) is 0.304. The van der Waals surface area contributed by atoms with E-state index in [-0.39, 0.29) is 24.8 Å². The predicted octanol–water partition coefficient (Wildman–Crippen LogP) is 3.61. The molecule has 0 fully saturated rings. The first-order valence-electron chi connectivity index (χ1n) is 9.70. The summed E-state index contributed by atoms with van der Waals surface area (Å²) in [5.74, 6) is -0.124. The molecule has 0 unspecified atom stereocenters. The summed E-state index contributed by atoms with van der Waals surface area (Å²) in [5, 5.41) is 14.8. The highest BCUT2D eigenvalue weighted by Crippen LogP contribution is 2.34. The Morgan fingerprint density at radius 3 is 2.50 bits per heavy atom. The molecular formula is C23H23N3O4. The highest BCUT2D eigenvalue weighted by molar-refractivity contribution is 6.03. The van der Waals surface area contributed by atoms with E-state index >= 15 is 0 Å². The summed E-state index contributed by atoms with van der Waals surface area (Å²) in [6.45, 7) is 1.48. The fourth-order valence-corrected chi connectivity index (χ4v) is 3.24. The second kappa shape index (κ2) is 9.70. The number of nitriles is 1. The number of rotatable bonds is 7. The van der Waals surface area contributed by atoms with Crippen molar-refractivity contribution in [3.05, 3.63) is 65.7 Å². The van der Waals surface area contributed by atoms with Crippen molar-refractivity contribution in [1.29, 1.82) is 5.26 Å². The van der Waals surface area contributed by atoms with E-state index in [0.717, 1.165) is 22.6 Å². The summed E-state index contributed by atoms with van der Waals surface area (Å²) in [7, 11) is 1.60. The van der Waals surface area contributed by atoms with Crippen molar-refractivity contribution in [2.24, 2.45) is 5.10 Å². The van der Waals surface area contributed by atoms with E-state index in [9.17, 15) is 9.59 Å². The third kappa shape index (κ3) is 5.03. The molecule has 0 N–H and O–H groups in total. The molecule has 7 heteroatoms. The molecule has 0 bridgehead atoms. The minimum atomic E-state index is -0.839. The summed E-state index contributed by atoms with van der Waals surface area (Å²) in [4.78, 5) is 24.8. The van der Waals surface area contributed by atoms with Crippen molar-refractivity contribution in [1.82, 2.24) is 5.01 Å². The zero-order valence-electron chi connectivity index (χ0n) is 16.9. The van der Waals surface area contributed by atoms with Crippen LogP contribution in [-0.2, 0) is 14.3 Å². The number of esters is 1. The smallest absolute Gasteiger partial charge is 0.307 e. The van der Waals surface area contributed by atoms with Gasteiger partial charge < -0.3 is 9.47 Å². The Bertz CT molecular complexity index is 964. The third-order valence-electron chi connectivity index (χ3n) is 4.81. The molecule has 0 spiro atoms. The summed E-state index contributed by atoms with van der Waals surface area (Å²) in [5.41, 5.74) is 2.69. The van der Waals surface area contributed by atoms with Gasteiger partial charge in [0.1, 0.15) is 11.8 Å². The molecule has 1 aliphatic heterocycles. The van der Waals surface area contributed by atoms with Crippen LogP contribution in [0.5, 0.6) is 5.75 Å². The SMILES string of the molecule is COc1ccc([C@H]2CC(c3ccccc3)=NN2C(=O)CCC(=O)O[C@H](C)C#N)cc1. The Kier molecular flexibility index (Phi) is 6.81. The molecule has 0 radical (unpaired) electrons. The molecule has 30 heavy (non-hydrogen) atoms. The van der Waals surface area contributed by atoms with E-state index in [1.807, 2.05) is 60.7 Å². The molecule has 2 atom stereocenters. The summed E-state index contributed by atoms with van der Waals surface area (Å²) < 4.78 is 10.1. The molecule has 2 aromatic carbocycles. The van der Waals surface area contributed by atoms with Gasteiger partial charge >= 0.3 is 5.97 Å². The van der Waals surface area contributed by atoms with Gasteiger partial charge in [-0.1, -0.05) is 42.5 Å². The number of carbonyl (C=O) groups excluding carboxylic acids is 2. The second-order valence-corrected chi connectivity index (χ2v) is 6.91. The molecule has 0 aliphatic carbocycles. The second-order valence-electron chi connectivity index (χ2n) is 6.91. The van der Waals surface area contributed by atoms with Crippen LogP contribution in [0.2, 0.25) is 0 Å². The normalized spacial score (nSPS) is 16.4. The lowest BCUT2D eigenvalue weighted by atomic mass is 9.98. The molecule has 154 valence electrons. The number of hydrazone groups is 1. The quantitative estimate of drug-likeness (QED) is 0.656. The number of hydrogen-bond acceptors (Lipinski definition) is 6. The maximum atomic E-state index is 12.9. The summed E-state index contributed by atoms with van der Waals surface area (Å²) in [6.07, 6.45) is -0.422. The molecule has 1 aliphatic rings. The zero-order valence-corrected chi connectivity index (χ0v) is 16.9. The third-order valence-corrected chi connectivity index (χ3v) is 4.81. The van der Waals surface area contributed by atoms with Crippen LogP contribution in [0.15, 0.2) is 59.7 Å². The van der Waals surface area contributed by atoms with E-state index in [1.54, 1.807) is 7.11 Å². The van der Waals surface area contributed by atoms with Crippen molar-refractivity contribution in [3.8, 4) is 11.8 Å². The van der Waals surface area contributed by atoms with Crippen LogP contribution in [0.25, 0.3) is 0 Å². The van der Waals surface area contributed by atoms with Gasteiger partial charge in [-0.25, -0.2) is 5.01 Å². The molecule has 3 rings (SSSR count). The Labute approximate surface area is 175 Å². The van der Waals surface area contributed by atoms with Gasteiger partial charge in [0.2, 0.25) is 5.91 Å². The molecular weight excluding hydrogens is 382 g/mol. The molecule has 0 aromatic heterocycles. The molecule has 1 heterocycles. The number of amides is 1. The minimum Gasteiger partial charge on any atom is -0.497 e. The minimum absolute atomic E-state index is 0.0464. The van der Waals surface area contributed by atoms with Gasteiger partial charge in [-0.15, -0.1) is 0 Å². The largest absolute Gasteiger partial charge is 0.497 e. The number of methoxy groups -OCH3 is 1. The van der Waals surface area contributed by atoms with Crippen molar-refractivity contribution in [2.45, 2.75) is 38.3 Å². The Balaban J connectivity index is 1.78. The van der Waals surface area contributed by atoms with Gasteiger partial charge in [0.25, 0.3) is 0 Å². The van der Waals surface area contributed by atoms with Crippen molar-refractivity contribution >= 4 is 17.6 Å². The lowest BCUT2D eigenvalue weighted by Crippen LogP contribution is -2.27. The topological polar surface area (TPSA) is 92.0 Å². The number of ether oxygens (including phenoxy) is 2. The van der Waals surface area contributed by atoms with E-state index in [0.29, 0.717) is 6.42 Å². The Morgan fingerprint density at radius 2 is 1.87 bits per heavy atom. The van der Waals surface area contributed by atoms with Crippen LogP contribution in [0, 0.1) is 11.3 Å². The lowest BCUT2D eigenvalue weighted by molar-refractivity contribution is -0.148. The standard InChI is InChI=1S/C23H23N3O4/c1-16(15-24)30-23(28)13-12-22(27)26-21(18-8-10-19(29-2)11-9-18)14-20(25-26)17-6-4-3-5-7-17/h3-11,16,21H,12-14H2,1-2H3/t16-,21-/m1/s1. The Hall–Kier alpha value is -3.66. The van der Waals surface area contributed by atoms with Gasteiger partial charge in [-0.3, -0.25) is 9.59 Å². The van der Waals surface area contributed by atoms with Gasteiger partial charge in [0.05, 0.1) is 25.3 Å². The predicted molar refractivity (Wildman–Crippen MR) is 111 cm³/mol. The van der Waals surface area contributed by atoms with Crippen molar-refractivity contribution < 1.29 is 19.1 Å². The highest BCUT2D eigenvalue weighted by Gasteiger charge is 2.33. The lowest BCUT2D eigenvalue weighted by Gasteiger charge is -2.22. The van der Waals surface area contributed by atoms with Gasteiger partial charge in [-0.2, -0.15) is 10.4 Å². The maximum Gasteiger partial charge on any atom is 0.307 e. The summed E-state index contributed by atoms with van der Waals surface area (Å²) in [6, 6.07) is 18.8. The van der Waals surface area contributed by atoms with Gasteiger partial charge in [-0.05, 0) is 30.2 Å². The molecule has 2 aromatic rings.